The molecule has 0 aliphatic carbocycles. The fraction of sp³-hybridized carbons (Fsp3) is 0.500. The van der Waals surface area contributed by atoms with Crippen molar-refractivity contribution in [2.75, 3.05) is 19.6 Å². The minimum absolute atomic E-state index is 0. The van der Waals surface area contributed by atoms with E-state index >= 15 is 0 Å². The first-order chi connectivity index (χ1) is 5.91. The summed E-state index contributed by atoms with van der Waals surface area (Å²) in [5, 5.41) is 24.8. The molecule has 0 amide bonds. The number of carbonyl (C=O) groups is 3. The van der Waals surface area contributed by atoms with E-state index in [0.29, 0.717) is 0 Å². The second kappa shape index (κ2) is 10.9. The molecule has 0 aromatic rings. The molecule has 0 aliphatic rings. The van der Waals surface area contributed by atoms with Crippen molar-refractivity contribution in [2.24, 2.45) is 0 Å². The number of carboxylic acid groups (broad SMARTS) is 3. The van der Waals surface area contributed by atoms with Gasteiger partial charge < -0.3 is 18.2 Å². The van der Waals surface area contributed by atoms with Crippen LogP contribution in [0, 0.1) is 0 Å². The first-order valence-electron chi connectivity index (χ1n) is 3.29. The number of aliphatic carboxylic acids is 3. The van der Waals surface area contributed by atoms with E-state index in [-0.39, 0.29) is 62.0 Å². The summed E-state index contributed by atoms with van der Waals surface area (Å²) in [7, 11) is 0. The van der Waals surface area contributed by atoms with Gasteiger partial charge in [-0.3, -0.25) is 19.3 Å². The van der Waals surface area contributed by atoms with Crippen molar-refractivity contribution in [2.45, 2.75) is 0 Å². The van der Waals surface area contributed by atoms with E-state index in [1.807, 2.05) is 0 Å². The monoisotopic (exact) mass is 239 g/mol. The maximum atomic E-state index is 10.1. The van der Waals surface area contributed by atoms with Gasteiger partial charge in [-0.2, -0.15) is 0 Å². The number of carboxylic acids is 3. The summed E-state index contributed by atoms with van der Waals surface area (Å²) in [4.78, 5) is 31.2. The zero-order valence-corrected chi connectivity index (χ0v) is 12.6. The van der Waals surface area contributed by atoms with E-state index in [9.17, 15) is 14.4 Å². The molecule has 0 aliphatic heterocycles. The Labute approximate surface area is 133 Å². The molecule has 0 aromatic heterocycles. The van der Waals surface area contributed by atoms with E-state index in [4.69, 9.17) is 15.3 Å². The van der Waals surface area contributed by atoms with Crippen LogP contribution >= 0.6 is 0 Å². The van der Waals surface area contributed by atoms with Crippen molar-refractivity contribution >= 4 is 17.9 Å². The molecule has 0 unspecified atom stereocenters. The molecule has 0 heterocycles. The summed E-state index contributed by atoms with van der Waals surface area (Å²) in [6, 6.07) is 0. The van der Waals surface area contributed by atoms with Gasteiger partial charge in [0.15, 0.2) is 0 Å². The molecule has 0 aromatic carbocycles. The Hall–Kier alpha value is 0.370. The first-order valence-corrected chi connectivity index (χ1v) is 3.29. The first kappa shape index (κ1) is 20.7. The number of hydrogen-bond donors (Lipinski definition) is 3. The molecule has 3 N–H and O–H groups in total. The maximum absolute atomic E-state index is 10.1. The van der Waals surface area contributed by atoms with Gasteiger partial charge >= 0.3 is 77.0 Å². The second-order valence-electron chi connectivity index (χ2n) is 2.33. The van der Waals surface area contributed by atoms with Crippen LogP contribution in [0.25, 0.3) is 0 Å². The minimum atomic E-state index is -1.26. The van der Waals surface area contributed by atoms with Crippen LogP contribution < -0.4 is 59.1 Å². The number of rotatable bonds is 6. The molecule has 0 saturated heterocycles. The van der Waals surface area contributed by atoms with E-state index < -0.39 is 37.5 Å². The molecule has 0 saturated carbocycles. The Balaban J connectivity index is -0.000000120. The van der Waals surface area contributed by atoms with Crippen molar-refractivity contribution in [3.05, 3.63) is 0 Å². The third-order valence-electron chi connectivity index (χ3n) is 1.08. The van der Waals surface area contributed by atoms with Crippen LogP contribution in [0.5, 0.6) is 0 Å². The average molecular weight is 239 g/mol. The van der Waals surface area contributed by atoms with Crippen molar-refractivity contribution in [1.29, 1.82) is 0 Å². The minimum Gasteiger partial charge on any atom is -1.00 e. The fourth-order valence-corrected chi connectivity index (χ4v) is 0.742. The number of nitrogens with zero attached hydrogens (tertiary/aromatic N) is 1. The molecule has 7 nitrogen and oxygen atoms in total. The van der Waals surface area contributed by atoms with E-state index in [1.165, 1.54) is 0 Å². The summed E-state index contributed by atoms with van der Waals surface area (Å²) in [6.07, 6.45) is 0. The van der Waals surface area contributed by atoms with Gasteiger partial charge in [0.05, 0.1) is 19.6 Å². The molecule has 0 radical (unpaired) electrons. The summed E-state index contributed by atoms with van der Waals surface area (Å²) >= 11 is 0. The van der Waals surface area contributed by atoms with Crippen molar-refractivity contribution < 1.29 is 91.7 Å². The fourth-order valence-electron chi connectivity index (χ4n) is 0.742. The third-order valence-corrected chi connectivity index (χ3v) is 1.08. The normalized spacial score (nSPS) is 8.60. The Bertz CT molecular complexity index is 205. The number of hydrogen-bond acceptors (Lipinski definition) is 4. The van der Waals surface area contributed by atoms with Gasteiger partial charge in [-0.25, -0.2) is 0 Å². The van der Waals surface area contributed by atoms with Crippen molar-refractivity contribution in [3.8, 4) is 0 Å². The van der Waals surface area contributed by atoms with Gasteiger partial charge in [0.1, 0.15) is 0 Å². The molecule has 9 heteroatoms. The van der Waals surface area contributed by atoms with E-state index in [1.54, 1.807) is 0 Å². The zero-order valence-electron chi connectivity index (χ0n) is 10.6. The molecule has 0 rings (SSSR count). The maximum Gasteiger partial charge on any atom is 1.00 e. The van der Waals surface area contributed by atoms with Crippen LogP contribution in [0.15, 0.2) is 0 Å². The van der Waals surface area contributed by atoms with Gasteiger partial charge in [0.25, 0.3) is 0 Å². The van der Waals surface area contributed by atoms with Crippen LogP contribution in [0.1, 0.15) is 2.85 Å². The molecule has 0 bridgehead atoms. The predicted molar refractivity (Wildman–Crippen MR) is 41.6 cm³/mol. The molecule has 78 valence electrons. The molecular weight excluding hydrogens is 228 g/mol. The summed E-state index contributed by atoms with van der Waals surface area (Å²) in [6.45, 7) is -1.80. The van der Waals surface area contributed by atoms with Gasteiger partial charge in [0.2, 0.25) is 0 Å². The molecular formula is C6H11NNa2O6. The Morgan fingerprint density at radius 2 is 1.00 bits per heavy atom. The molecule has 0 atom stereocenters. The Morgan fingerprint density at radius 1 is 0.800 bits per heavy atom. The van der Waals surface area contributed by atoms with E-state index in [2.05, 4.69) is 0 Å². The quantitative estimate of drug-likeness (QED) is 0.394. The van der Waals surface area contributed by atoms with Gasteiger partial charge in [-0.15, -0.1) is 0 Å². The standard InChI is InChI=1S/C6H9NO6.2Na.2H/c8-4(9)1-7(2-5(10)11)3-6(12)13;;;;/h1-3H2,(H,8,9)(H,10,11)(H,12,13);;;;/q;2*+1;2*-1. The van der Waals surface area contributed by atoms with Gasteiger partial charge in [0, 0.05) is 0 Å². The summed E-state index contributed by atoms with van der Waals surface area (Å²) < 4.78 is 0. The average Bonchev–Trinajstić information content (AvgIpc) is 1.80. The summed E-state index contributed by atoms with van der Waals surface area (Å²) in [5.41, 5.74) is 0. The Kier molecular flexibility index (Phi) is 15.0. The topological polar surface area (TPSA) is 115 Å². The van der Waals surface area contributed by atoms with E-state index in [0.717, 1.165) is 4.90 Å². The van der Waals surface area contributed by atoms with Crippen molar-refractivity contribution in [3.63, 3.8) is 0 Å². The molecule has 15 heavy (non-hydrogen) atoms. The van der Waals surface area contributed by atoms with Gasteiger partial charge in [-0.1, -0.05) is 0 Å². The smallest absolute Gasteiger partial charge is 1.00 e. The SMILES string of the molecule is O=C(O)CN(CC(=O)O)CC(=O)O.[H-].[H-].[Na+].[Na+]. The third kappa shape index (κ3) is 14.4. The van der Waals surface area contributed by atoms with Gasteiger partial charge in [-0.05, 0) is 0 Å². The second-order valence-corrected chi connectivity index (χ2v) is 2.33. The van der Waals surface area contributed by atoms with Crippen LogP contribution in [-0.4, -0.2) is 57.8 Å². The molecule has 0 spiro atoms. The predicted octanol–water partition coefficient (Wildman–Crippen LogP) is -7.22. The van der Waals surface area contributed by atoms with Crippen molar-refractivity contribution in [1.82, 2.24) is 4.90 Å². The van der Waals surface area contributed by atoms with Crippen LogP contribution in [0.2, 0.25) is 0 Å². The van der Waals surface area contributed by atoms with Crippen LogP contribution in [0.4, 0.5) is 0 Å². The molecule has 0 fully saturated rings. The van der Waals surface area contributed by atoms with Crippen LogP contribution in [-0.2, 0) is 14.4 Å². The van der Waals surface area contributed by atoms with Crippen LogP contribution in [0.3, 0.4) is 0 Å². The summed E-state index contributed by atoms with van der Waals surface area (Å²) in [5.74, 6) is -3.78. The largest absolute Gasteiger partial charge is 1.00 e. The zero-order chi connectivity index (χ0) is 10.4. The Morgan fingerprint density at radius 3 is 1.13 bits per heavy atom.